The summed E-state index contributed by atoms with van der Waals surface area (Å²) in [5.41, 5.74) is -0.380. The van der Waals surface area contributed by atoms with Gasteiger partial charge in [0, 0.05) is 12.4 Å². The number of benzene rings is 1. The molecule has 1 aromatic carbocycles. The maximum absolute atomic E-state index is 12.9. The molecule has 5 nitrogen and oxygen atoms in total. The minimum Gasteiger partial charge on any atom is -0.271 e. The van der Waals surface area contributed by atoms with Gasteiger partial charge < -0.3 is 0 Å². The van der Waals surface area contributed by atoms with Gasteiger partial charge in [0.15, 0.2) is 11.4 Å². The number of nitrogens with zero attached hydrogens (tertiary/aromatic N) is 4. The highest BCUT2D eigenvalue weighted by Gasteiger charge is 2.31. The molecule has 2 aromatic rings. The van der Waals surface area contributed by atoms with Crippen molar-refractivity contribution in [1.29, 1.82) is 5.26 Å². The zero-order chi connectivity index (χ0) is 16.2. The fourth-order valence-corrected chi connectivity index (χ4v) is 2.01. The quantitative estimate of drug-likeness (QED) is 0.398. The van der Waals surface area contributed by atoms with E-state index < -0.39 is 11.7 Å². The number of alkyl halides is 3. The van der Waals surface area contributed by atoms with Crippen LogP contribution in [0, 0.1) is 11.5 Å². The Kier molecular flexibility index (Phi) is 4.72. The number of nitrogens with one attached hydrogen (secondary N) is 1. The van der Waals surface area contributed by atoms with Crippen LogP contribution in [0.2, 0.25) is 0 Å². The average molecular weight is 325 g/mol. The molecule has 0 aliphatic carbocycles. The monoisotopic (exact) mass is 325 g/mol. The molecule has 1 aromatic heterocycles. The zero-order valence-electron chi connectivity index (χ0n) is 11.3. The van der Waals surface area contributed by atoms with Crippen LogP contribution < -0.4 is 5.32 Å². The number of aliphatic imine (C=N–C) groups is 1. The molecule has 0 amide bonds. The van der Waals surface area contributed by atoms with E-state index in [9.17, 15) is 13.2 Å². The van der Waals surface area contributed by atoms with Crippen LogP contribution in [-0.4, -0.2) is 21.2 Å². The Balaban J connectivity index is 2.58. The van der Waals surface area contributed by atoms with Gasteiger partial charge in [0.2, 0.25) is 0 Å². The number of halogens is 3. The molecule has 0 spiro atoms. The lowest BCUT2D eigenvalue weighted by molar-refractivity contribution is -0.137. The summed E-state index contributed by atoms with van der Waals surface area (Å²) in [5, 5.41) is 15.1. The van der Waals surface area contributed by atoms with Crippen molar-refractivity contribution in [2.75, 3.05) is 6.26 Å². The molecule has 114 valence electrons. The largest absolute Gasteiger partial charge is 0.416 e. The lowest BCUT2D eigenvalue weighted by Crippen LogP contribution is -2.13. The lowest BCUT2D eigenvalue weighted by Gasteiger charge is -2.11. The zero-order valence-corrected chi connectivity index (χ0v) is 12.1. The van der Waals surface area contributed by atoms with Crippen LogP contribution in [0.15, 0.2) is 41.7 Å². The Morgan fingerprint density at radius 2 is 2.23 bits per heavy atom. The van der Waals surface area contributed by atoms with Gasteiger partial charge in [-0.1, -0.05) is 11.8 Å². The highest BCUT2D eigenvalue weighted by molar-refractivity contribution is 8.13. The summed E-state index contributed by atoms with van der Waals surface area (Å²) in [6, 6.07) is 4.83. The molecule has 22 heavy (non-hydrogen) atoms. The molecular formula is C13H10F3N5S. The van der Waals surface area contributed by atoms with Crippen LogP contribution in [0.3, 0.4) is 0 Å². The standard InChI is InChI=1S/C13H10F3N5S/c1-22-12(18-8-17)20-10-7-9(13(14,15)16)3-4-11(10)21-6-2-5-19-21/h2-7H,1H3,(H,18,20). The van der Waals surface area contributed by atoms with Crippen LogP contribution in [0.5, 0.6) is 0 Å². The minimum atomic E-state index is -4.48. The van der Waals surface area contributed by atoms with Crippen molar-refractivity contribution >= 4 is 22.6 Å². The van der Waals surface area contributed by atoms with Crippen LogP contribution in [-0.2, 0) is 6.18 Å². The van der Waals surface area contributed by atoms with Gasteiger partial charge in [0.1, 0.15) is 0 Å². The van der Waals surface area contributed by atoms with E-state index in [1.165, 1.54) is 16.9 Å². The summed E-state index contributed by atoms with van der Waals surface area (Å²) in [6.07, 6.45) is 1.98. The predicted octanol–water partition coefficient (Wildman–Crippen LogP) is 3.31. The van der Waals surface area contributed by atoms with Gasteiger partial charge in [0.25, 0.3) is 0 Å². The molecule has 0 unspecified atom stereocenters. The topological polar surface area (TPSA) is 66.0 Å². The SMILES string of the molecule is CSC(=Nc1cc(C(F)(F)F)ccc1-n1cccn1)NC#N. The number of amidine groups is 1. The normalized spacial score (nSPS) is 12.0. The number of rotatable bonds is 2. The first-order valence-electron chi connectivity index (χ1n) is 5.94. The molecule has 0 saturated heterocycles. The van der Waals surface area contributed by atoms with E-state index in [0.717, 1.165) is 23.9 Å². The average Bonchev–Trinajstić information content (AvgIpc) is 2.99. The van der Waals surface area contributed by atoms with Gasteiger partial charge in [-0.3, -0.25) is 5.32 Å². The van der Waals surface area contributed by atoms with Gasteiger partial charge in [-0.05, 0) is 30.5 Å². The van der Waals surface area contributed by atoms with Crippen molar-refractivity contribution in [3.05, 3.63) is 42.2 Å². The Morgan fingerprint density at radius 3 is 2.77 bits per heavy atom. The van der Waals surface area contributed by atoms with E-state index >= 15 is 0 Å². The van der Waals surface area contributed by atoms with E-state index in [2.05, 4.69) is 15.4 Å². The fraction of sp³-hybridized carbons (Fsp3) is 0.154. The molecule has 0 radical (unpaired) electrons. The maximum atomic E-state index is 12.9. The van der Waals surface area contributed by atoms with Gasteiger partial charge in [-0.2, -0.15) is 23.5 Å². The molecule has 0 bridgehead atoms. The summed E-state index contributed by atoms with van der Waals surface area (Å²) >= 11 is 1.11. The molecular weight excluding hydrogens is 315 g/mol. The predicted molar refractivity (Wildman–Crippen MR) is 77.9 cm³/mol. The van der Waals surface area contributed by atoms with Crippen molar-refractivity contribution in [1.82, 2.24) is 15.1 Å². The molecule has 0 aliphatic heterocycles. The Labute approximate surface area is 128 Å². The van der Waals surface area contributed by atoms with Gasteiger partial charge >= 0.3 is 6.18 Å². The number of thioether (sulfide) groups is 1. The molecule has 0 fully saturated rings. The van der Waals surface area contributed by atoms with Gasteiger partial charge in [0.05, 0.1) is 16.9 Å². The highest BCUT2D eigenvalue weighted by atomic mass is 32.2. The second kappa shape index (κ2) is 6.53. The van der Waals surface area contributed by atoms with Crippen molar-refractivity contribution in [2.45, 2.75) is 6.18 Å². The summed E-state index contributed by atoms with van der Waals surface area (Å²) < 4.78 is 40.0. The van der Waals surface area contributed by atoms with Crippen LogP contribution in [0.25, 0.3) is 5.69 Å². The lowest BCUT2D eigenvalue weighted by atomic mass is 10.1. The molecule has 2 rings (SSSR count). The van der Waals surface area contributed by atoms with E-state index in [0.29, 0.717) is 5.69 Å². The van der Waals surface area contributed by atoms with Gasteiger partial charge in [-0.15, -0.1) is 0 Å². The van der Waals surface area contributed by atoms with Crippen LogP contribution in [0.1, 0.15) is 5.56 Å². The number of hydrogen-bond donors (Lipinski definition) is 1. The molecule has 1 heterocycles. The summed E-state index contributed by atoms with van der Waals surface area (Å²) in [7, 11) is 0. The molecule has 1 N–H and O–H groups in total. The number of nitriles is 1. The first-order valence-corrected chi connectivity index (χ1v) is 7.17. The first-order chi connectivity index (χ1) is 10.5. The summed E-state index contributed by atoms with van der Waals surface area (Å²) in [4.78, 5) is 4.08. The third-order valence-corrected chi connectivity index (χ3v) is 3.21. The van der Waals surface area contributed by atoms with Crippen LogP contribution in [0.4, 0.5) is 18.9 Å². The Hall–Kier alpha value is -2.47. The van der Waals surface area contributed by atoms with E-state index in [1.54, 1.807) is 24.7 Å². The van der Waals surface area contributed by atoms with Gasteiger partial charge in [-0.25, -0.2) is 9.67 Å². The number of hydrogen-bond acceptors (Lipinski definition) is 4. The van der Waals surface area contributed by atoms with E-state index in [-0.39, 0.29) is 10.9 Å². The first kappa shape index (κ1) is 15.9. The van der Waals surface area contributed by atoms with E-state index in [4.69, 9.17) is 5.26 Å². The van der Waals surface area contributed by atoms with Crippen molar-refractivity contribution in [3.8, 4) is 11.9 Å². The number of aromatic nitrogens is 2. The molecule has 0 atom stereocenters. The fourth-order valence-electron chi connectivity index (χ4n) is 1.68. The smallest absolute Gasteiger partial charge is 0.271 e. The third-order valence-electron chi connectivity index (χ3n) is 2.63. The summed E-state index contributed by atoms with van der Waals surface area (Å²) in [5.74, 6) is 0. The second-order valence-electron chi connectivity index (χ2n) is 4.01. The second-order valence-corrected chi connectivity index (χ2v) is 4.80. The molecule has 0 aliphatic rings. The highest BCUT2D eigenvalue weighted by Crippen LogP contribution is 2.34. The maximum Gasteiger partial charge on any atom is 0.416 e. The van der Waals surface area contributed by atoms with E-state index in [1.807, 2.05) is 0 Å². The van der Waals surface area contributed by atoms with Crippen molar-refractivity contribution in [2.24, 2.45) is 4.99 Å². The molecule has 0 saturated carbocycles. The van der Waals surface area contributed by atoms with Crippen molar-refractivity contribution < 1.29 is 13.2 Å². The Morgan fingerprint density at radius 1 is 1.45 bits per heavy atom. The van der Waals surface area contributed by atoms with Crippen molar-refractivity contribution in [3.63, 3.8) is 0 Å². The Bertz CT molecular complexity index is 716. The summed E-state index contributed by atoms with van der Waals surface area (Å²) in [6.45, 7) is 0. The molecule has 9 heteroatoms. The van der Waals surface area contributed by atoms with Crippen LogP contribution >= 0.6 is 11.8 Å². The minimum absolute atomic E-state index is 0.0608. The third kappa shape index (κ3) is 3.59.